The number of halogens is 2. The van der Waals surface area contributed by atoms with Crippen LogP contribution in [0.25, 0.3) is 0 Å². The third kappa shape index (κ3) is 4.27. The van der Waals surface area contributed by atoms with Crippen molar-refractivity contribution in [2.24, 2.45) is 0 Å². The van der Waals surface area contributed by atoms with Crippen molar-refractivity contribution >= 4 is 11.8 Å². The average Bonchev–Trinajstić information content (AvgIpc) is 2.52. The summed E-state index contributed by atoms with van der Waals surface area (Å²) in [5.41, 5.74) is 4.42. The van der Waals surface area contributed by atoms with Gasteiger partial charge in [0, 0.05) is 5.56 Å². The lowest BCUT2D eigenvalue weighted by molar-refractivity contribution is -0.123. The molecule has 0 aromatic heterocycles. The summed E-state index contributed by atoms with van der Waals surface area (Å²) in [4.78, 5) is 23.1. The Balaban J connectivity index is 1.79. The molecule has 0 radical (unpaired) electrons. The number of hydrogen-bond acceptors (Lipinski definition) is 3. The summed E-state index contributed by atoms with van der Waals surface area (Å²) in [6.07, 6.45) is 0. The molecule has 0 aliphatic carbocycles. The summed E-state index contributed by atoms with van der Waals surface area (Å²) >= 11 is 0. The van der Waals surface area contributed by atoms with Gasteiger partial charge in [-0.2, -0.15) is 0 Å². The lowest BCUT2D eigenvalue weighted by atomic mass is 10.2. The van der Waals surface area contributed by atoms with Gasteiger partial charge in [0.25, 0.3) is 11.8 Å². The Morgan fingerprint density at radius 2 is 1.64 bits per heavy atom. The minimum atomic E-state index is -0.668. The molecule has 0 saturated heterocycles. The molecule has 2 aromatic rings. The molecule has 114 valence electrons. The zero-order chi connectivity index (χ0) is 15.9. The second-order valence-electron chi connectivity index (χ2n) is 4.23. The number of benzene rings is 2. The van der Waals surface area contributed by atoms with Gasteiger partial charge in [-0.05, 0) is 36.4 Å². The van der Waals surface area contributed by atoms with Gasteiger partial charge in [0.2, 0.25) is 0 Å². The number of rotatable bonds is 4. The second kappa shape index (κ2) is 7.16. The van der Waals surface area contributed by atoms with Gasteiger partial charge in [0.15, 0.2) is 18.2 Å². The zero-order valence-corrected chi connectivity index (χ0v) is 11.3. The number of hydrogen-bond donors (Lipinski definition) is 2. The Morgan fingerprint density at radius 3 is 2.32 bits per heavy atom. The van der Waals surface area contributed by atoms with Gasteiger partial charge in [-0.25, -0.2) is 8.78 Å². The Hall–Kier alpha value is -2.96. The molecular formula is C15H12F2N2O3. The minimum absolute atomic E-state index is 0.0671. The lowest BCUT2D eigenvalue weighted by Gasteiger charge is -2.09. The van der Waals surface area contributed by atoms with Gasteiger partial charge in [0.1, 0.15) is 5.82 Å². The average molecular weight is 306 g/mol. The third-order valence-electron chi connectivity index (χ3n) is 2.62. The quantitative estimate of drug-likeness (QED) is 0.847. The first kappa shape index (κ1) is 15.4. The fourth-order valence-electron chi connectivity index (χ4n) is 1.54. The van der Waals surface area contributed by atoms with E-state index in [1.807, 2.05) is 0 Å². The molecule has 0 aliphatic heterocycles. The molecule has 2 amide bonds. The molecule has 0 aliphatic rings. The highest BCUT2D eigenvalue weighted by Crippen LogP contribution is 2.14. The molecule has 7 heteroatoms. The molecule has 2 aromatic carbocycles. The van der Waals surface area contributed by atoms with Crippen LogP contribution in [0.4, 0.5) is 8.78 Å². The maximum absolute atomic E-state index is 13.3. The number of amides is 2. The summed E-state index contributed by atoms with van der Waals surface area (Å²) in [5, 5.41) is 0. The molecule has 0 unspecified atom stereocenters. The minimum Gasteiger partial charge on any atom is -0.481 e. The largest absolute Gasteiger partial charge is 0.481 e. The first-order valence-corrected chi connectivity index (χ1v) is 6.28. The third-order valence-corrected chi connectivity index (χ3v) is 2.62. The maximum Gasteiger partial charge on any atom is 0.276 e. The van der Waals surface area contributed by atoms with Crippen LogP contribution in [0.15, 0.2) is 48.5 Å². The van der Waals surface area contributed by atoms with E-state index in [-0.39, 0.29) is 11.3 Å². The van der Waals surface area contributed by atoms with E-state index in [9.17, 15) is 18.4 Å². The highest BCUT2D eigenvalue weighted by atomic mass is 19.1. The van der Waals surface area contributed by atoms with Crippen LogP contribution < -0.4 is 15.6 Å². The van der Waals surface area contributed by atoms with Gasteiger partial charge in [-0.15, -0.1) is 0 Å². The van der Waals surface area contributed by atoms with E-state index in [4.69, 9.17) is 4.74 Å². The van der Waals surface area contributed by atoms with Gasteiger partial charge in [-0.3, -0.25) is 20.4 Å². The van der Waals surface area contributed by atoms with E-state index in [0.717, 1.165) is 12.1 Å². The highest BCUT2D eigenvalue weighted by molar-refractivity contribution is 5.95. The number of carbonyl (C=O) groups excluding carboxylic acids is 2. The summed E-state index contributed by atoms with van der Waals surface area (Å²) in [5.74, 6) is -2.41. The van der Waals surface area contributed by atoms with Crippen LogP contribution in [0.2, 0.25) is 0 Å². The monoisotopic (exact) mass is 306 g/mol. The molecular weight excluding hydrogens is 294 g/mol. The van der Waals surface area contributed by atoms with E-state index in [2.05, 4.69) is 10.9 Å². The van der Waals surface area contributed by atoms with Crippen LogP contribution in [0.3, 0.4) is 0 Å². The summed E-state index contributed by atoms with van der Waals surface area (Å²) in [6, 6.07) is 10.4. The topological polar surface area (TPSA) is 67.4 Å². The van der Waals surface area contributed by atoms with E-state index >= 15 is 0 Å². The van der Waals surface area contributed by atoms with E-state index in [1.54, 1.807) is 6.07 Å². The standard InChI is InChI=1S/C15H12F2N2O3/c16-11-7-5-10(6-8-11)15(21)19-18-14(20)9-22-13-4-2-1-3-12(13)17/h1-8H,9H2,(H,18,20)(H,19,21). The number of ether oxygens (including phenoxy) is 1. The molecule has 0 saturated carbocycles. The normalized spacial score (nSPS) is 9.91. The Bertz CT molecular complexity index is 675. The molecule has 0 fully saturated rings. The molecule has 2 N–H and O–H groups in total. The second-order valence-corrected chi connectivity index (χ2v) is 4.23. The van der Waals surface area contributed by atoms with Crippen molar-refractivity contribution in [1.82, 2.24) is 10.9 Å². The Labute approximate surface area is 124 Å². The van der Waals surface area contributed by atoms with Crippen LogP contribution in [-0.2, 0) is 4.79 Å². The van der Waals surface area contributed by atoms with Crippen molar-refractivity contribution < 1.29 is 23.1 Å². The van der Waals surface area contributed by atoms with Crippen LogP contribution >= 0.6 is 0 Å². The van der Waals surface area contributed by atoms with Crippen molar-refractivity contribution in [1.29, 1.82) is 0 Å². The van der Waals surface area contributed by atoms with E-state index < -0.39 is 30.1 Å². The fraction of sp³-hybridized carbons (Fsp3) is 0.0667. The predicted octanol–water partition coefficient (Wildman–Crippen LogP) is 1.80. The molecule has 22 heavy (non-hydrogen) atoms. The predicted molar refractivity (Wildman–Crippen MR) is 73.9 cm³/mol. The van der Waals surface area contributed by atoms with Gasteiger partial charge in [-0.1, -0.05) is 12.1 Å². The van der Waals surface area contributed by atoms with Crippen molar-refractivity contribution in [3.8, 4) is 5.75 Å². The van der Waals surface area contributed by atoms with Crippen LogP contribution in [0, 0.1) is 11.6 Å². The number of carbonyl (C=O) groups is 2. The molecule has 5 nitrogen and oxygen atoms in total. The summed E-state index contributed by atoms with van der Waals surface area (Å²) < 4.78 is 30.9. The van der Waals surface area contributed by atoms with Crippen molar-refractivity contribution in [2.45, 2.75) is 0 Å². The van der Waals surface area contributed by atoms with Crippen molar-refractivity contribution in [2.75, 3.05) is 6.61 Å². The Kier molecular flexibility index (Phi) is 5.02. The Morgan fingerprint density at radius 1 is 0.955 bits per heavy atom. The van der Waals surface area contributed by atoms with Crippen LogP contribution in [-0.4, -0.2) is 18.4 Å². The molecule has 0 heterocycles. The van der Waals surface area contributed by atoms with Gasteiger partial charge >= 0.3 is 0 Å². The molecule has 2 rings (SSSR count). The van der Waals surface area contributed by atoms with Crippen LogP contribution in [0.5, 0.6) is 5.75 Å². The molecule has 0 spiro atoms. The maximum atomic E-state index is 13.3. The van der Waals surface area contributed by atoms with Gasteiger partial charge < -0.3 is 4.74 Å². The van der Waals surface area contributed by atoms with Crippen molar-refractivity contribution in [3.05, 3.63) is 65.7 Å². The number of para-hydroxylation sites is 1. The summed E-state index contributed by atoms with van der Waals surface area (Å²) in [6.45, 7) is -0.468. The molecule has 0 bridgehead atoms. The van der Waals surface area contributed by atoms with Crippen molar-refractivity contribution in [3.63, 3.8) is 0 Å². The smallest absolute Gasteiger partial charge is 0.276 e. The first-order chi connectivity index (χ1) is 10.6. The summed E-state index contributed by atoms with van der Waals surface area (Å²) in [7, 11) is 0. The fourth-order valence-corrected chi connectivity index (χ4v) is 1.54. The zero-order valence-electron chi connectivity index (χ0n) is 11.3. The number of nitrogens with one attached hydrogen (secondary N) is 2. The van der Waals surface area contributed by atoms with E-state index in [0.29, 0.717) is 0 Å². The number of hydrazine groups is 1. The lowest BCUT2D eigenvalue weighted by Crippen LogP contribution is -2.43. The SMILES string of the molecule is O=C(COc1ccccc1F)NNC(=O)c1ccc(F)cc1. The van der Waals surface area contributed by atoms with Crippen LogP contribution in [0.1, 0.15) is 10.4 Å². The van der Waals surface area contributed by atoms with Gasteiger partial charge in [0.05, 0.1) is 0 Å². The van der Waals surface area contributed by atoms with E-state index in [1.165, 1.54) is 30.3 Å². The molecule has 0 atom stereocenters. The first-order valence-electron chi connectivity index (χ1n) is 6.28. The highest BCUT2D eigenvalue weighted by Gasteiger charge is 2.09.